The van der Waals surface area contributed by atoms with Crippen molar-refractivity contribution >= 4 is 12.0 Å². The van der Waals surface area contributed by atoms with Crippen molar-refractivity contribution in [2.24, 2.45) is 5.92 Å². The van der Waals surface area contributed by atoms with Crippen LogP contribution in [0.15, 0.2) is 164 Å². The van der Waals surface area contributed by atoms with Crippen molar-refractivity contribution in [3.8, 4) is 11.1 Å². The van der Waals surface area contributed by atoms with E-state index in [1.165, 1.54) is 18.2 Å². The lowest BCUT2D eigenvalue weighted by molar-refractivity contribution is -0.276. The Morgan fingerprint density at radius 2 is 1.25 bits per heavy atom. The maximum Gasteiger partial charge on any atom is 0.328 e. The van der Waals surface area contributed by atoms with Crippen LogP contribution in [0, 0.1) is 5.92 Å². The Bertz CT molecular complexity index is 2210. The number of carbonyl (C=O) groups excluding carboxylic acids is 2. The number of nitrogens with one attached hydrogen (secondary N) is 2. The summed E-state index contributed by atoms with van der Waals surface area (Å²) in [7, 11) is 1.31. The van der Waals surface area contributed by atoms with E-state index in [0.29, 0.717) is 13.0 Å². The third-order valence-electron chi connectivity index (χ3n) is 11.0. The molecule has 60 heavy (non-hydrogen) atoms. The number of hydrogen-bond acceptors (Lipinski definition) is 7. The second-order valence-corrected chi connectivity index (χ2v) is 15.4. The van der Waals surface area contributed by atoms with Gasteiger partial charge in [-0.05, 0) is 50.6 Å². The minimum atomic E-state index is -0.817. The maximum atomic E-state index is 12.9. The quantitative estimate of drug-likeness (QED) is 0.0839. The zero-order chi connectivity index (χ0) is 41.7. The topological polar surface area (TPSA) is 109 Å². The summed E-state index contributed by atoms with van der Waals surface area (Å²) in [6.07, 6.45) is -0.676. The number of urea groups is 1. The van der Waals surface area contributed by atoms with Crippen LogP contribution >= 0.6 is 0 Å². The van der Waals surface area contributed by atoms with Crippen LogP contribution in [0.5, 0.6) is 0 Å². The summed E-state index contributed by atoms with van der Waals surface area (Å²) in [6, 6.07) is 53.6. The van der Waals surface area contributed by atoms with Gasteiger partial charge in [0.1, 0.15) is 6.04 Å². The molecule has 0 aliphatic carbocycles. The van der Waals surface area contributed by atoms with Gasteiger partial charge in [0.2, 0.25) is 0 Å². The molecule has 0 bridgehead atoms. The second-order valence-electron chi connectivity index (χ2n) is 15.4. The monoisotopic (exact) mass is 803 g/mol. The van der Waals surface area contributed by atoms with E-state index in [-0.39, 0.29) is 31.3 Å². The molecule has 1 fully saturated rings. The molecule has 1 aliphatic heterocycles. The molecule has 6 aromatic rings. The average Bonchev–Trinajstić information content (AvgIpc) is 3.29. The number of ether oxygens (including phenoxy) is 3. The number of rotatable bonds is 16. The first-order valence-electron chi connectivity index (χ1n) is 20.5. The van der Waals surface area contributed by atoms with E-state index < -0.39 is 24.3 Å². The van der Waals surface area contributed by atoms with Crippen molar-refractivity contribution in [1.29, 1.82) is 0 Å². The zero-order valence-corrected chi connectivity index (χ0v) is 34.2. The molecular weight excluding hydrogens is 751 g/mol. The van der Waals surface area contributed by atoms with Gasteiger partial charge in [-0.3, -0.25) is 4.90 Å². The summed E-state index contributed by atoms with van der Waals surface area (Å²) in [5.74, 6) is -0.475. The summed E-state index contributed by atoms with van der Waals surface area (Å²) in [5, 5.41) is 15.4. The third-order valence-corrected chi connectivity index (χ3v) is 11.0. The fraction of sp³-hybridized carbons (Fsp3) is 0.255. The lowest BCUT2D eigenvalue weighted by Gasteiger charge is -2.43. The predicted octanol–water partition coefficient (Wildman–Crippen LogP) is 8.92. The number of carbonyl (C=O) groups is 2. The molecule has 5 atom stereocenters. The minimum Gasteiger partial charge on any atom is -0.467 e. The van der Waals surface area contributed by atoms with Gasteiger partial charge in [0.05, 0.1) is 25.9 Å². The van der Waals surface area contributed by atoms with Gasteiger partial charge in [0.25, 0.3) is 0 Å². The van der Waals surface area contributed by atoms with Crippen molar-refractivity contribution < 1.29 is 28.9 Å². The van der Waals surface area contributed by atoms with Gasteiger partial charge in [-0.2, -0.15) is 0 Å². The van der Waals surface area contributed by atoms with Crippen molar-refractivity contribution in [2.45, 2.75) is 64.1 Å². The first kappa shape index (κ1) is 42.0. The largest absolute Gasteiger partial charge is 0.467 e. The standard InChI is InChI=1S/C51H53N3O6/c1-36-47(34-54(32-38-15-8-4-9-16-38)33-39-17-10-5-11-18-39)59-50(60-48(36)43-23-21-40(35-55)22-24-43)44-27-25-42(26-28-44)45-20-12-19-41(29-45)31-52-51(57)53-46(49(56)58-2)30-37-13-6-3-7-14-37/h3-29,36,46-48,50,55H,30-35H2,1-2H3,(H2,52,53,57)/t36-,46-,47+,48+,50+/m0/s1. The van der Waals surface area contributed by atoms with E-state index in [1.54, 1.807) is 0 Å². The molecule has 0 aromatic heterocycles. The lowest BCUT2D eigenvalue weighted by Crippen LogP contribution is -2.47. The summed E-state index contributed by atoms with van der Waals surface area (Å²) < 4.78 is 18.7. The molecule has 0 unspecified atom stereocenters. The van der Waals surface area contributed by atoms with Crippen LogP contribution in [0.2, 0.25) is 0 Å². The van der Waals surface area contributed by atoms with E-state index >= 15 is 0 Å². The molecule has 9 heteroatoms. The highest BCUT2D eigenvalue weighted by Gasteiger charge is 2.39. The van der Waals surface area contributed by atoms with Crippen LogP contribution in [0.1, 0.15) is 58.3 Å². The van der Waals surface area contributed by atoms with Gasteiger partial charge in [0.15, 0.2) is 6.29 Å². The number of aliphatic hydroxyl groups excluding tert-OH is 1. The second kappa shape index (κ2) is 20.7. The number of hydrogen-bond donors (Lipinski definition) is 3. The maximum absolute atomic E-state index is 12.9. The minimum absolute atomic E-state index is 0.0165. The van der Waals surface area contributed by atoms with Crippen molar-refractivity contribution in [3.05, 3.63) is 203 Å². The van der Waals surface area contributed by atoms with Gasteiger partial charge >= 0.3 is 12.0 Å². The molecule has 0 saturated carbocycles. The number of amides is 2. The Balaban J connectivity index is 1.06. The normalized spacial score (nSPS) is 18.1. The first-order chi connectivity index (χ1) is 29.3. The highest BCUT2D eigenvalue weighted by molar-refractivity contribution is 5.83. The molecular formula is C51H53N3O6. The van der Waals surface area contributed by atoms with Crippen LogP contribution in [-0.4, -0.2) is 47.8 Å². The molecule has 1 saturated heterocycles. The smallest absolute Gasteiger partial charge is 0.328 e. The predicted molar refractivity (Wildman–Crippen MR) is 233 cm³/mol. The molecule has 1 heterocycles. The van der Waals surface area contributed by atoms with Crippen LogP contribution in [-0.2, 0) is 51.7 Å². The molecule has 6 aromatic carbocycles. The first-order valence-corrected chi connectivity index (χ1v) is 20.5. The summed E-state index contributed by atoms with van der Waals surface area (Å²) in [4.78, 5) is 27.8. The van der Waals surface area contributed by atoms with Gasteiger partial charge in [-0.1, -0.05) is 165 Å². The zero-order valence-electron chi connectivity index (χ0n) is 34.2. The summed E-state index contributed by atoms with van der Waals surface area (Å²) in [5.41, 5.74) is 9.12. The van der Waals surface area contributed by atoms with E-state index in [1.807, 2.05) is 78.9 Å². The van der Waals surface area contributed by atoms with Crippen LogP contribution < -0.4 is 10.6 Å². The Kier molecular flexibility index (Phi) is 14.5. The fourth-order valence-electron chi connectivity index (χ4n) is 7.72. The molecule has 308 valence electrons. The van der Waals surface area contributed by atoms with Crippen molar-refractivity contribution in [2.75, 3.05) is 13.7 Å². The molecule has 2 amide bonds. The number of aliphatic hydroxyl groups is 1. The van der Waals surface area contributed by atoms with Gasteiger partial charge in [0, 0.05) is 44.1 Å². The Morgan fingerprint density at radius 3 is 1.85 bits per heavy atom. The molecule has 3 N–H and O–H groups in total. The number of esters is 1. The fourth-order valence-corrected chi connectivity index (χ4v) is 7.72. The lowest BCUT2D eigenvalue weighted by atomic mass is 9.89. The van der Waals surface area contributed by atoms with Crippen LogP contribution in [0.3, 0.4) is 0 Å². The Morgan fingerprint density at radius 1 is 0.667 bits per heavy atom. The Labute approximate surface area is 353 Å². The summed E-state index contributed by atoms with van der Waals surface area (Å²) in [6.45, 7) is 4.71. The van der Waals surface area contributed by atoms with Crippen molar-refractivity contribution in [3.63, 3.8) is 0 Å². The van der Waals surface area contributed by atoms with E-state index in [0.717, 1.165) is 52.0 Å². The van der Waals surface area contributed by atoms with Gasteiger partial charge < -0.3 is 30.0 Å². The highest BCUT2D eigenvalue weighted by atomic mass is 16.7. The van der Waals surface area contributed by atoms with Gasteiger partial charge in [-0.25, -0.2) is 9.59 Å². The SMILES string of the molecule is COC(=O)[C@H](Cc1ccccc1)NC(=O)NCc1cccc(-c2ccc([C@@H]3O[C@H](CN(Cc4ccccc4)Cc4ccccc4)[C@H](C)[C@H](c4ccc(CO)cc4)O3)cc2)c1. The molecule has 1 aliphatic rings. The van der Waals surface area contributed by atoms with Gasteiger partial charge in [-0.15, -0.1) is 0 Å². The molecule has 9 nitrogen and oxygen atoms in total. The number of methoxy groups -OCH3 is 1. The highest BCUT2D eigenvalue weighted by Crippen LogP contribution is 2.42. The van der Waals surface area contributed by atoms with Crippen LogP contribution in [0.4, 0.5) is 4.79 Å². The van der Waals surface area contributed by atoms with Crippen molar-refractivity contribution in [1.82, 2.24) is 15.5 Å². The third kappa shape index (κ3) is 11.3. The average molecular weight is 804 g/mol. The van der Waals surface area contributed by atoms with E-state index in [2.05, 4.69) is 107 Å². The van der Waals surface area contributed by atoms with E-state index in [4.69, 9.17) is 14.2 Å². The van der Waals surface area contributed by atoms with Crippen LogP contribution in [0.25, 0.3) is 11.1 Å². The van der Waals surface area contributed by atoms with E-state index in [9.17, 15) is 14.7 Å². The molecule has 0 spiro atoms. The number of nitrogens with zero attached hydrogens (tertiary/aromatic N) is 1. The number of benzene rings is 6. The Hall–Kier alpha value is -6.10. The molecule has 7 rings (SSSR count). The molecule has 0 radical (unpaired) electrons. The summed E-state index contributed by atoms with van der Waals surface area (Å²) >= 11 is 0.